The van der Waals surface area contributed by atoms with Gasteiger partial charge in [0.2, 0.25) is 17.5 Å². The first-order valence-corrected chi connectivity index (χ1v) is 8.83. The van der Waals surface area contributed by atoms with E-state index in [0.29, 0.717) is 17.5 Å². The average Bonchev–Trinajstić information content (AvgIpc) is 3.34. The number of nitrogens with one attached hydrogen (secondary N) is 1. The Morgan fingerprint density at radius 1 is 1.26 bits per heavy atom. The van der Waals surface area contributed by atoms with Crippen LogP contribution < -0.4 is 5.32 Å². The lowest BCUT2D eigenvalue weighted by Crippen LogP contribution is -2.43. The van der Waals surface area contributed by atoms with Crippen LogP contribution in [0.25, 0.3) is 11.3 Å². The highest BCUT2D eigenvalue weighted by Crippen LogP contribution is 2.36. The number of rotatable bonds is 6. The highest BCUT2D eigenvalue weighted by Gasteiger charge is 2.36. The van der Waals surface area contributed by atoms with E-state index in [1.165, 1.54) is 0 Å². The van der Waals surface area contributed by atoms with Crippen molar-refractivity contribution in [2.24, 2.45) is 0 Å². The molecule has 1 N–H and O–H groups in total. The monoisotopic (exact) mass is 368 g/mol. The summed E-state index contributed by atoms with van der Waals surface area (Å²) in [7, 11) is 1.59. The van der Waals surface area contributed by atoms with Gasteiger partial charge >= 0.3 is 0 Å². The molecular formula is C19H20N4O4. The summed E-state index contributed by atoms with van der Waals surface area (Å²) in [4.78, 5) is 12.4. The molecule has 0 saturated heterocycles. The summed E-state index contributed by atoms with van der Waals surface area (Å²) in [6, 6.07) is 11.3. The number of methoxy groups -OCH3 is 1. The lowest BCUT2D eigenvalue weighted by molar-refractivity contribution is 0.0851. The Hall–Kier alpha value is -3.00. The summed E-state index contributed by atoms with van der Waals surface area (Å²) < 4.78 is 16.0. The molecule has 3 aromatic rings. The Balaban J connectivity index is 1.32. The van der Waals surface area contributed by atoms with Crippen molar-refractivity contribution in [2.75, 3.05) is 7.11 Å². The maximum Gasteiger partial charge on any atom is 0.290 e. The minimum Gasteiger partial charge on any atom is -0.422 e. The van der Waals surface area contributed by atoms with Crippen LogP contribution >= 0.6 is 0 Å². The number of aromatic nitrogens is 3. The number of carbonyl (C=O) groups is 1. The molecule has 1 aliphatic carbocycles. The third-order valence-corrected chi connectivity index (χ3v) is 4.78. The van der Waals surface area contributed by atoms with E-state index in [1.807, 2.05) is 37.3 Å². The number of carbonyl (C=O) groups excluding carboxylic acids is 1. The van der Waals surface area contributed by atoms with Gasteiger partial charge in [-0.1, -0.05) is 35.5 Å². The van der Waals surface area contributed by atoms with Gasteiger partial charge in [-0.3, -0.25) is 4.79 Å². The molecule has 2 heterocycles. The molecule has 0 spiro atoms. The quantitative estimate of drug-likeness (QED) is 0.713. The second-order valence-electron chi connectivity index (χ2n) is 6.64. The van der Waals surface area contributed by atoms with Crippen LogP contribution in [0.5, 0.6) is 0 Å². The second kappa shape index (κ2) is 7.32. The van der Waals surface area contributed by atoms with Gasteiger partial charge in [0.05, 0.1) is 0 Å². The summed E-state index contributed by atoms with van der Waals surface area (Å²) in [5.74, 6) is 1.13. The van der Waals surface area contributed by atoms with E-state index in [9.17, 15) is 4.79 Å². The molecule has 1 aromatic carbocycles. The molecule has 1 fully saturated rings. The second-order valence-corrected chi connectivity index (χ2v) is 6.64. The van der Waals surface area contributed by atoms with Crippen molar-refractivity contribution in [1.82, 2.24) is 20.7 Å². The zero-order valence-corrected chi connectivity index (χ0v) is 15.1. The normalized spacial score (nSPS) is 20.1. The third-order valence-electron chi connectivity index (χ3n) is 4.78. The topological polar surface area (TPSA) is 103 Å². The predicted octanol–water partition coefficient (Wildman–Crippen LogP) is 3.11. The van der Waals surface area contributed by atoms with Crippen LogP contribution in [0.15, 0.2) is 45.3 Å². The standard InChI is InChI=1S/C19H20N4O4/c1-11(25-2)18-21-22-19(26-18)13-8-14(9-13)20-17(24)16-10-15(23-27-16)12-6-4-3-5-7-12/h3-7,10-11,13-14H,8-9H2,1-2H3,(H,20,24)/t11?,13-,14-. The fourth-order valence-electron chi connectivity index (χ4n) is 3.00. The molecule has 0 bridgehead atoms. The maximum atomic E-state index is 12.4. The van der Waals surface area contributed by atoms with Gasteiger partial charge in [0, 0.05) is 30.7 Å². The zero-order chi connectivity index (χ0) is 18.8. The van der Waals surface area contributed by atoms with Gasteiger partial charge in [-0.25, -0.2) is 0 Å². The lowest BCUT2D eigenvalue weighted by Gasteiger charge is -2.33. The summed E-state index contributed by atoms with van der Waals surface area (Å²) in [5.41, 5.74) is 1.54. The Kier molecular flexibility index (Phi) is 4.72. The van der Waals surface area contributed by atoms with Crippen molar-refractivity contribution in [2.45, 2.75) is 37.8 Å². The lowest BCUT2D eigenvalue weighted by atomic mass is 9.80. The molecule has 1 unspecified atom stereocenters. The number of benzene rings is 1. The molecule has 4 rings (SSSR count). The molecule has 27 heavy (non-hydrogen) atoms. The highest BCUT2D eigenvalue weighted by molar-refractivity contribution is 5.92. The van der Waals surface area contributed by atoms with Crippen molar-refractivity contribution < 1.29 is 18.5 Å². The van der Waals surface area contributed by atoms with Crippen LogP contribution in [0.1, 0.15) is 54.1 Å². The zero-order valence-electron chi connectivity index (χ0n) is 15.1. The van der Waals surface area contributed by atoms with Gasteiger partial charge in [0.1, 0.15) is 11.8 Å². The first-order chi connectivity index (χ1) is 13.1. The van der Waals surface area contributed by atoms with E-state index in [1.54, 1.807) is 13.2 Å². The molecule has 1 aliphatic rings. The third kappa shape index (κ3) is 3.61. The summed E-state index contributed by atoms with van der Waals surface area (Å²) in [6.45, 7) is 1.85. The van der Waals surface area contributed by atoms with Crippen molar-refractivity contribution in [3.63, 3.8) is 0 Å². The molecule has 2 aromatic heterocycles. The Labute approximate surface area is 155 Å². The molecule has 8 heteroatoms. The maximum absolute atomic E-state index is 12.4. The minimum atomic E-state index is -0.271. The molecule has 140 valence electrons. The van der Waals surface area contributed by atoms with Gasteiger partial charge in [-0.15, -0.1) is 10.2 Å². The summed E-state index contributed by atoms with van der Waals surface area (Å²) >= 11 is 0. The van der Waals surface area contributed by atoms with Crippen molar-refractivity contribution in [1.29, 1.82) is 0 Å². The van der Waals surface area contributed by atoms with E-state index in [2.05, 4.69) is 20.7 Å². The van der Waals surface area contributed by atoms with Gasteiger partial charge in [-0.2, -0.15) is 0 Å². The Bertz CT molecular complexity index is 915. The number of hydrogen-bond donors (Lipinski definition) is 1. The van der Waals surface area contributed by atoms with E-state index in [4.69, 9.17) is 13.7 Å². The van der Waals surface area contributed by atoms with Crippen LogP contribution in [-0.4, -0.2) is 34.4 Å². The van der Waals surface area contributed by atoms with E-state index >= 15 is 0 Å². The van der Waals surface area contributed by atoms with Gasteiger partial charge < -0.3 is 19.0 Å². The van der Waals surface area contributed by atoms with Crippen molar-refractivity contribution in [3.05, 3.63) is 53.9 Å². The molecular weight excluding hydrogens is 348 g/mol. The fourth-order valence-corrected chi connectivity index (χ4v) is 3.00. The largest absolute Gasteiger partial charge is 0.422 e. The average molecular weight is 368 g/mol. The van der Waals surface area contributed by atoms with E-state index < -0.39 is 0 Å². The van der Waals surface area contributed by atoms with Crippen LogP contribution in [0.4, 0.5) is 0 Å². The Morgan fingerprint density at radius 2 is 2.04 bits per heavy atom. The van der Waals surface area contributed by atoms with Crippen LogP contribution in [0.3, 0.4) is 0 Å². The molecule has 0 aliphatic heterocycles. The molecule has 1 saturated carbocycles. The molecule has 1 amide bonds. The van der Waals surface area contributed by atoms with Crippen molar-refractivity contribution in [3.8, 4) is 11.3 Å². The first kappa shape index (κ1) is 17.4. The SMILES string of the molecule is COC(C)c1nnc([C@H]2C[C@H](NC(=O)c3cc(-c4ccccc4)no3)C2)o1. The van der Waals surface area contributed by atoms with Crippen molar-refractivity contribution >= 4 is 5.91 Å². The molecule has 1 atom stereocenters. The number of hydrogen-bond acceptors (Lipinski definition) is 7. The van der Waals surface area contributed by atoms with E-state index in [0.717, 1.165) is 18.4 Å². The van der Waals surface area contributed by atoms with Gasteiger partial charge in [-0.05, 0) is 19.8 Å². The molecule has 8 nitrogen and oxygen atoms in total. The van der Waals surface area contributed by atoms with Crippen LogP contribution in [-0.2, 0) is 4.74 Å². The number of nitrogens with zero attached hydrogens (tertiary/aromatic N) is 3. The summed E-state index contributed by atoms with van der Waals surface area (Å²) in [5, 5.41) is 15.0. The predicted molar refractivity (Wildman–Crippen MR) is 94.9 cm³/mol. The van der Waals surface area contributed by atoms with E-state index in [-0.39, 0.29) is 29.7 Å². The highest BCUT2D eigenvalue weighted by atomic mass is 16.5. The Morgan fingerprint density at radius 3 is 2.78 bits per heavy atom. The fraction of sp³-hybridized carbons (Fsp3) is 0.368. The van der Waals surface area contributed by atoms with Gasteiger partial charge in [0.15, 0.2) is 0 Å². The number of amides is 1. The van der Waals surface area contributed by atoms with Gasteiger partial charge in [0.25, 0.3) is 5.91 Å². The van der Waals surface area contributed by atoms with Crippen LogP contribution in [0, 0.1) is 0 Å². The number of ether oxygens (including phenoxy) is 1. The smallest absolute Gasteiger partial charge is 0.290 e. The summed E-state index contributed by atoms with van der Waals surface area (Å²) in [6.07, 6.45) is 1.26. The molecule has 0 radical (unpaired) electrons. The van der Waals surface area contributed by atoms with Crippen LogP contribution in [0.2, 0.25) is 0 Å². The first-order valence-electron chi connectivity index (χ1n) is 8.83. The minimum absolute atomic E-state index is 0.0444.